The highest BCUT2D eigenvalue weighted by Crippen LogP contribution is 2.43. The van der Waals surface area contributed by atoms with Gasteiger partial charge >= 0.3 is 29.8 Å². The number of carboxylic acids is 1. The van der Waals surface area contributed by atoms with E-state index in [0.717, 1.165) is 48.6 Å². The van der Waals surface area contributed by atoms with E-state index in [1.807, 2.05) is 0 Å². The molecule has 4 saturated heterocycles. The quantitative estimate of drug-likeness (QED) is 0.0128. The Balaban J connectivity index is 0.826. The van der Waals surface area contributed by atoms with E-state index in [1.54, 1.807) is 12.1 Å². The van der Waals surface area contributed by atoms with Crippen molar-refractivity contribution in [1.29, 1.82) is 0 Å². The lowest BCUT2D eigenvalue weighted by Gasteiger charge is -2.40. The van der Waals surface area contributed by atoms with Gasteiger partial charge in [0.15, 0.2) is 28.4 Å². The van der Waals surface area contributed by atoms with Gasteiger partial charge in [0, 0.05) is 35.9 Å². The average molecular weight is 1460 g/mol. The summed E-state index contributed by atoms with van der Waals surface area (Å²) in [6, 6.07) is 23.5. The number of carbonyl (C=O) groups excluding carboxylic acids is 4. The Morgan fingerprint density at radius 1 is 0.394 bits per heavy atom. The van der Waals surface area contributed by atoms with Crippen LogP contribution in [0.1, 0.15) is 23.1 Å². The monoisotopic (exact) mass is 1460 g/mol. The first-order chi connectivity index (χ1) is 49.6. The maximum atomic E-state index is 14.0. The van der Waals surface area contributed by atoms with E-state index < -0.39 is 220 Å². The number of benzene rings is 5. The maximum absolute atomic E-state index is 14.0. The van der Waals surface area contributed by atoms with Crippen molar-refractivity contribution >= 4 is 48.1 Å². The first kappa shape index (κ1) is 76.5. The van der Waals surface area contributed by atoms with Gasteiger partial charge in [0.1, 0.15) is 159 Å². The summed E-state index contributed by atoms with van der Waals surface area (Å²) in [7, 11) is 0. The van der Waals surface area contributed by atoms with E-state index in [1.165, 1.54) is 85.0 Å². The predicted molar refractivity (Wildman–Crippen MR) is 344 cm³/mol. The number of phenolic OH excluding ortho intramolecular Hbond substituents is 3. The first-order valence-corrected chi connectivity index (χ1v) is 31.6. The fraction of sp³-hybridized carbons (Fsp3) is 0.362. The van der Waals surface area contributed by atoms with Gasteiger partial charge in [0.05, 0.1) is 5.56 Å². The van der Waals surface area contributed by atoms with Gasteiger partial charge in [0.2, 0.25) is 25.2 Å². The van der Waals surface area contributed by atoms with Crippen LogP contribution >= 0.6 is 0 Å². The highest BCUT2D eigenvalue weighted by atomic mass is 16.7. The standard InChI is InChI=1S/C69H70O35/c70-34-11-1-30(2-12-34)7-18-49(76)92-26-44-53(80)57(84)61(88)66(101-44)96-36-15-5-32(6-16-36)9-20-51(78)94-28-46-55(82)59(86)63(90)68(103-46)99-42-21-33(10-17-39(42)72)65-43(100-69-64(91)60(87)56(83)47(104-69)29-95-52(79)25-48(74)75)24-38-40(73)22-37(23-41(38)98-65)97-67-62(89)58(85)54(81)45(102-67)27-93-50(77)19-8-31-3-13-35(71)14-4-31/h1-24,44-47,53-64,66-72,80-91H,25-29H2,(H,74,75)/b18-7?,19-8?,20-9+/t44-,45-,46-,47-,53-,54-,55-,56-,57+,58+,59+,60+,61-,62-,63-,64-,66-,67-,68-,69-/m1/s1. The minimum absolute atomic E-state index is 0.0200. The van der Waals surface area contributed by atoms with Gasteiger partial charge in [-0.15, -0.1) is 0 Å². The van der Waals surface area contributed by atoms with Crippen molar-refractivity contribution in [3.8, 4) is 62.9 Å². The van der Waals surface area contributed by atoms with Crippen molar-refractivity contribution < 1.29 is 167 Å². The number of aliphatic hydroxyl groups excluding tert-OH is 12. The van der Waals surface area contributed by atoms with Crippen molar-refractivity contribution in [1.82, 2.24) is 0 Å². The van der Waals surface area contributed by atoms with Gasteiger partial charge < -0.3 is 143 Å². The van der Waals surface area contributed by atoms with E-state index in [0.29, 0.717) is 16.7 Å². The summed E-state index contributed by atoms with van der Waals surface area (Å²) in [6.45, 7) is -2.94. The predicted octanol–water partition coefficient (Wildman–Crippen LogP) is -1.94. The number of aromatic hydroxyl groups is 3. The summed E-state index contributed by atoms with van der Waals surface area (Å²) in [5.41, 5.74) is -0.0163. The summed E-state index contributed by atoms with van der Waals surface area (Å²) >= 11 is 0. The highest BCUT2D eigenvalue weighted by molar-refractivity contribution is 5.90. The number of carbonyl (C=O) groups is 5. The van der Waals surface area contributed by atoms with Gasteiger partial charge in [0.25, 0.3) is 0 Å². The lowest BCUT2D eigenvalue weighted by atomic mass is 9.99. The third-order valence-corrected chi connectivity index (χ3v) is 16.5. The fourth-order valence-corrected chi connectivity index (χ4v) is 10.7. The number of hydrogen-bond acceptors (Lipinski definition) is 34. The number of ether oxygens (including phenoxy) is 12. The van der Waals surface area contributed by atoms with Crippen molar-refractivity contribution in [3.63, 3.8) is 0 Å². The molecule has 0 bridgehead atoms. The lowest BCUT2D eigenvalue weighted by molar-refractivity contribution is -0.278. The summed E-state index contributed by atoms with van der Waals surface area (Å²) in [4.78, 5) is 75.4. The van der Waals surface area contributed by atoms with Gasteiger partial charge in [-0.2, -0.15) is 0 Å². The Morgan fingerprint density at radius 2 is 0.769 bits per heavy atom. The highest BCUT2D eigenvalue weighted by Gasteiger charge is 2.50. The number of rotatable bonds is 25. The largest absolute Gasteiger partial charge is 0.508 e. The summed E-state index contributed by atoms with van der Waals surface area (Å²) in [5, 5.41) is 170. The van der Waals surface area contributed by atoms with Crippen LogP contribution in [0.5, 0.6) is 40.2 Å². The van der Waals surface area contributed by atoms with Crippen LogP contribution in [0.15, 0.2) is 137 Å². The molecule has 104 heavy (non-hydrogen) atoms. The molecule has 0 amide bonds. The van der Waals surface area contributed by atoms with Crippen LogP contribution in [0.3, 0.4) is 0 Å². The van der Waals surface area contributed by atoms with Gasteiger partial charge in [-0.05, 0) is 95.6 Å². The van der Waals surface area contributed by atoms with Crippen LogP contribution in [-0.4, -0.2) is 261 Å². The van der Waals surface area contributed by atoms with Crippen LogP contribution in [-0.2, 0) is 61.9 Å². The number of esters is 4. The number of hydrogen-bond donors (Lipinski definition) is 16. The molecule has 0 aromatic heterocycles. The number of aliphatic hydroxyl groups is 12. The molecule has 5 heterocycles. The van der Waals surface area contributed by atoms with Crippen molar-refractivity contribution in [2.24, 2.45) is 0 Å². The number of aliphatic carboxylic acids is 1. The molecule has 4 aromatic carbocycles. The molecule has 0 saturated carbocycles. The number of fused-ring (bicyclic) bond motifs is 1. The minimum Gasteiger partial charge on any atom is -0.508 e. The van der Waals surface area contributed by atoms with Crippen LogP contribution in [0.4, 0.5) is 0 Å². The third kappa shape index (κ3) is 19.0. The topological polar surface area (TPSA) is 550 Å². The SMILES string of the molecule is O=C(O)CC(=O)OC[C@H]1O[C@@H](Oc2cc3c(=O)cc(O[C@@H]4O[C@H](COC(=O)C=Cc5ccc(O)cc5)[C@@H](O)[C@H](O)[C@H]4O)cc-3oc2-c2ccc(O)c(O[C@@H]3O[C@H](COC(=O)/C=C/c4ccc(O[C@@H]5O[C@H](COC(=O)C=Cc6ccc(O)cc6)[C@@H](O)[C@H](O)[C@H]5O)cc4)[C@@H](O)[C@H](O)[C@H]3O)c2)[C@H](O)[C@@H](O)[C@@H]1O. The number of carboxylic acid groups (broad SMARTS) is 1. The Morgan fingerprint density at radius 3 is 1.18 bits per heavy atom. The van der Waals surface area contributed by atoms with Gasteiger partial charge in [-0.3, -0.25) is 14.4 Å². The molecule has 20 atom stereocenters. The summed E-state index contributed by atoms with van der Waals surface area (Å²) in [6.07, 6.45) is -31.2. The second-order valence-electron chi connectivity index (χ2n) is 23.9. The summed E-state index contributed by atoms with van der Waals surface area (Å²) in [5.74, 6) is -8.64. The molecule has 6 aliphatic rings. The molecule has 556 valence electrons. The van der Waals surface area contributed by atoms with Crippen LogP contribution < -0.4 is 24.4 Å². The molecule has 35 heteroatoms. The van der Waals surface area contributed by atoms with Crippen LogP contribution in [0.2, 0.25) is 0 Å². The van der Waals surface area contributed by atoms with Crippen LogP contribution in [0.25, 0.3) is 40.9 Å². The molecule has 35 nitrogen and oxygen atoms in total. The van der Waals surface area contributed by atoms with Gasteiger partial charge in [-0.1, -0.05) is 36.4 Å². The number of phenols is 3. The van der Waals surface area contributed by atoms with Crippen molar-refractivity contribution in [2.75, 3.05) is 26.4 Å². The van der Waals surface area contributed by atoms with Crippen molar-refractivity contribution in [3.05, 3.63) is 154 Å². The first-order valence-electron chi connectivity index (χ1n) is 31.6. The molecular formula is C69H70O35. The van der Waals surface area contributed by atoms with Gasteiger partial charge in [-0.25, -0.2) is 14.4 Å². The average Bonchev–Trinajstić information content (AvgIpc) is 0.764. The second-order valence-corrected chi connectivity index (χ2v) is 23.9. The molecule has 16 N–H and O–H groups in total. The normalized spacial score (nSPS) is 29.3. The zero-order chi connectivity index (χ0) is 74.8. The van der Waals surface area contributed by atoms with E-state index in [-0.39, 0.29) is 34.1 Å². The van der Waals surface area contributed by atoms with E-state index >= 15 is 0 Å². The van der Waals surface area contributed by atoms with Crippen molar-refractivity contribution in [2.45, 2.75) is 129 Å². The summed E-state index contributed by atoms with van der Waals surface area (Å²) < 4.78 is 73.1. The Kier molecular flexibility index (Phi) is 25.0. The van der Waals surface area contributed by atoms with E-state index in [2.05, 4.69) is 0 Å². The third-order valence-electron chi connectivity index (χ3n) is 16.5. The molecule has 4 aromatic rings. The minimum atomic E-state index is -2.14. The Labute approximate surface area is 586 Å². The zero-order valence-corrected chi connectivity index (χ0v) is 53.9. The van der Waals surface area contributed by atoms with E-state index in [9.17, 15) is 105 Å². The maximum Gasteiger partial charge on any atom is 0.330 e. The molecule has 5 aliphatic heterocycles. The molecule has 0 radical (unpaired) electrons. The Hall–Kier alpha value is -10.2. The lowest BCUT2D eigenvalue weighted by Crippen LogP contribution is -2.60. The fourth-order valence-electron chi connectivity index (χ4n) is 10.7. The molecule has 1 aliphatic carbocycles. The molecule has 0 unspecified atom stereocenters. The second kappa shape index (κ2) is 34.0. The zero-order valence-electron chi connectivity index (χ0n) is 53.9. The smallest absolute Gasteiger partial charge is 0.330 e. The molecular weight excluding hydrogens is 1390 g/mol. The van der Waals surface area contributed by atoms with E-state index in [4.69, 9.17) is 66.4 Å². The van der Waals surface area contributed by atoms with Crippen LogP contribution in [0, 0.1) is 0 Å². The Bertz CT molecular complexity index is 4080. The molecule has 4 fully saturated rings. The molecule has 10 rings (SSSR count). The molecule has 0 spiro atoms.